The quantitative estimate of drug-likeness (QED) is 0.502. The minimum Gasteiger partial charge on any atom is -0.495 e. The highest BCUT2D eigenvalue weighted by atomic mass is 16.5. The lowest BCUT2D eigenvalue weighted by Crippen LogP contribution is -2.53. The number of nitrogens with one attached hydrogen (secondary N) is 1. The smallest absolute Gasteiger partial charge is 0.253 e. The average molecular weight is 277 g/mol. The Bertz CT molecular complexity index is 514. The van der Waals surface area contributed by atoms with Gasteiger partial charge in [-0.15, -0.1) is 0 Å². The van der Waals surface area contributed by atoms with Gasteiger partial charge in [0.1, 0.15) is 5.75 Å². The molecule has 0 bridgehead atoms. The number of hydrogen-bond donors (Lipinski definition) is 2. The molecule has 0 saturated carbocycles. The summed E-state index contributed by atoms with van der Waals surface area (Å²) in [6, 6.07) is 6.03. The number of benzene rings is 1. The molecule has 0 fully saturated rings. The Morgan fingerprint density at radius 1 is 1.55 bits per heavy atom. The first-order chi connectivity index (χ1) is 9.40. The molecule has 0 saturated heterocycles. The fourth-order valence-corrected chi connectivity index (χ4v) is 3.14. The number of hydrogen-bond acceptors (Lipinski definition) is 4. The summed E-state index contributed by atoms with van der Waals surface area (Å²) in [5, 5.41) is 0. The first-order valence-corrected chi connectivity index (χ1v) is 6.84. The van der Waals surface area contributed by atoms with Crippen molar-refractivity contribution in [3.05, 3.63) is 23.8 Å². The van der Waals surface area contributed by atoms with E-state index in [1.165, 1.54) is 5.56 Å². The van der Waals surface area contributed by atoms with Gasteiger partial charge in [-0.3, -0.25) is 10.2 Å². The second-order valence-electron chi connectivity index (χ2n) is 5.97. The number of methoxy groups -OCH3 is 1. The van der Waals surface area contributed by atoms with E-state index >= 15 is 0 Å². The van der Waals surface area contributed by atoms with E-state index in [1.54, 1.807) is 7.11 Å². The van der Waals surface area contributed by atoms with Crippen LogP contribution in [-0.4, -0.2) is 25.1 Å². The van der Waals surface area contributed by atoms with E-state index < -0.39 is 0 Å². The van der Waals surface area contributed by atoms with Crippen LogP contribution in [0.4, 0.5) is 5.69 Å². The minimum atomic E-state index is -0.204. The Labute approximate surface area is 120 Å². The third-order valence-corrected chi connectivity index (χ3v) is 4.05. The first kappa shape index (κ1) is 14.7. The van der Waals surface area contributed by atoms with Crippen molar-refractivity contribution in [3.8, 4) is 5.75 Å². The summed E-state index contributed by atoms with van der Waals surface area (Å²) in [6.45, 7) is 6.72. The summed E-state index contributed by atoms with van der Waals surface area (Å²) >= 11 is 0. The van der Waals surface area contributed by atoms with Crippen LogP contribution in [0.3, 0.4) is 0 Å². The summed E-state index contributed by atoms with van der Waals surface area (Å²) < 4.78 is 5.50. The summed E-state index contributed by atoms with van der Waals surface area (Å²) in [5.41, 5.74) is 4.30. The fourth-order valence-electron chi connectivity index (χ4n) is 3.14. The minimum absolute atomic E-state index is 0.131. The lowest BCUT2D eigenvalue weighted by Gasteiger charge is -2.47. The van der Waals surface area contributed by atoms with Crippen molar-refractivity contribution < 1.29 is 9.53 Å². The highest BCUT2D eigenvalue weighted by molar-refractivity contribution is 5.83. The number of nitrogens with two attached hydrogens (primary N) is 1. The van der Waals surface area contributed by atoms with E-state index in [4.69, 9.17) is 10.6 Å². The van der Waals surface area contributed by atoms with Crippen molar-refractivity contribution >= 4 is 11.6 Å². The predicted molar refractivity (Wildman–Crippen MR) is 79.8 cm³/mol. The van der Waals surface area contributed by atoms with Crippen molar-refractivity contribution in [1.82, 2.24) is 5.43 Å². The van der Waals surface area contributed by atoms with Crippen LogP contribution in [0.2, 0.25) is 0 Å². The lowest BCUT2D eigenvalue weighted by atomic mass is 9.80. The lowest BCUT2D eigenvalue weighted by molar-refractivity contribution is -0.120. The van der Waals surface area contributed by atoms with Crippen LogP contribution in [0, 0.1) is 0 Å². The number of ether oxygens (including phenoxy) is 1. The molecule has 1 aliphatic rings. The average Bonchev–Trinajstić information content (AvgIpc) is 2.41. The summed E-state index contributed by atoms with van der Waals surface area (Å²) in [4.78, 5) is 13.8. The van der Waals surface area contributed by atoms with Crippen LogP contribution in [0.5, 0.6) is 5.75 Å². The zero-order valence-corrected chi connectivity index (χ0v) is 12.6. The topological polar surface area (TPSA) is 67.6 Å². The molecule has 1 aromatic carbocycles. The monoisotopic (exact) mass is 277 g/mol. The number of rotatable bonds is 3. The first-order valence-electron chi connectivity index (χ1n) is 6.84. The molecule has 0 spiro atoms. The molecule has 3 N–H and O–H groups in total. The number of carbonyl (C=O) groups is 1. The van der Waals surface area contributed by atoms with Crippen LogP contribution in [0.15, 0.2) is 18.2 Å². The Balaban J connectivity index is 2.54. The molecule has 1 heterocycles. The van der Waals surface area contributed by atoms with Crippen molar-refractivity contribution in [2.24, 2.45) is 5.84 Å². The molecule has 0 aliphatic carbocycles. The number of hydrazine groups is 1. The molecule has 5 nitrogen and oxygen atoms in total. The molecular weight excluding hydrogens is 254 g/mol. The molecule has 0 unspecified atom stereocenters. The normalized spacial score (nSPS) is 20.2. The molecule has 0 radical (unpaired) electrons. The molecule has 5 heteroatoms. The number of fused-ring (bicyclic) bond motifs is 1. The second-order valence-corrected chi connectivity index (χ2v) is 5.97. The van der Waals surface area contributed by atoms with Crippen LogP contribution in [-0.2, 0) is 4.79 Å². The van der Waals surface area contributed by atoms with Gasteiger partial charge in [0.2, 0.25) is 0 Å². The Kier molecular flexibility index (Phi) is 3.90. The summed E-state index contributed by atoms with van der Waals surface area (Å²) in [5.74, 6) is 6.26. The van der Waals surface area contributed by atoms with Gasteiger partial charge < -0.3 is 9.64 Å². The van der Waals surface area contributed by atoms with E-state index in [2.05, 4.69) is 37.2 Å². The number of carbonyl (C=O) groups excluding carboxylic acids is 1. The molecular formula is C15H23N3O2. The number of amides is 1. The molecule has 1 aromatic rings. The zero-order valence-electron chi connectivity index (χ0n) is 12.6. The standard InChI is InChI=1S/C15H23N3O2/c1-10-8-15(2,3)18(9-13(19)17-16)14-11(10)6-5-7-12(14)20-4/h5-7,10H,8-9,16H2,1-4H3,(H,17,19)/t10-/m1/s1. The van der Waals surface area contributed by atoms with Gasteiger partial charge in [-0.05, 0) is 37.8 Å². The van der Waals surface area contributed by atoms with Crippen molar-refractivity contribution in [2.75, 3.05) is 18.6 Å². The van der Waals surface area contributed by atoms with E-state index in [0.29, 0.717) is 5.92 Å². The van der Waals surface area contributed by atoms with Crippen molar-refractivity contribution in [3.63, 3.8) is 0 Å². The van der Waals surface area contributed by atoms with Crippen molar-refractivity contribution in [2.45, 2.75) is 38.6 Å². The number of nitrogens with zero attached hydrogens (tertiary/aromatic N) is 1. The van der Waals surface area contributed by atoms with Crippen LogP contribution in [0.1, 0.15) is 38.7 Å². The summed E-state index contributed by atoms with van der Waals surface area (Å²) in [6.07, 6.45) is 0.977. The maximum atomic E-state index is 11.7. The number of para-hydroxylation sites is 1. The predicted octanol–water partition coefficient (Wildman–Crippen LogP) is 1.78. The molecule has 1 atom stereocenters. The Morgan fingerprint density at radius 2 is 2.25 bits per heavy atom. The third kappa shape index (κ3) is 2.45. The third-order valence-electron chi connectivity index (χ3n) is 4.05. The molecule has 2 rings (SSSR count). The van der Waals surface area contributed by atoms with E-state index in [0.717, 1.165) is 17.9 Å². The maximum absolute atomic E-state index is 11.7. The second kappa shape index (κ2) is 5.32. The van der Waals surface area contributed by atoms with E-state index in [9.17, 15) is 4.79 Å². The highest BCUT2D eigenvalue weighted by Gasteiger charge is 2.38. The summed E-state index contributed by atoms with van der Waals surface area (Å²) in [7, 11) is 1.66. The van der Waals surface area contributed by atoms with Crippen LogP contribution in [0.25, 0.3) is 0 Å². The van der Waals surface area contributed by atoms with Gasteiger partial charge in [-0.2, -0.15) is 0 Å². The Morgan fingerprint density at radius 3 is 2.85 bits per heavy atom. The highest BCUT2D eigenvalue weighted by Crippen LogP contribution is 2.47. The Hall–Kier alpha value is -1.75. The maximum Gasteiger partial charge on any atom is 0.253 e. The van der Waals surface area contributed by atoms with E-state index in [-0.39, 0.29) is 18.0 Å². The molecule has 1 aliphatic heterocycles. The molecule has 1 amide bonds. The zero-order chi connectivity index (χ0) is 14.9. The van der Waals surface area contributed by atoms with Crippen LogP contribution >= 0.6 is 0 Å². The van der Waals surface area contributed by atoms with Gasteiger partial charge in [-0.25, -0.2) is 5.84 Å². The van der Waals surface area contributed by atoms with Crippen LogP contribution < -0.4 is 20.9 Å². The van der Waals surface area contributed by atoms with Gasteiger partial charge in [-0.1, -0.05) is 19.1 Å². The molecule has 110 valence electrons. The van der Waals surface area contributed by atoms with E-state index in [1.807, 2.05) is 12.1 Å². The van der Waals surface area contributed by atoms with Gasteiger partial charge in [0.25, 0.3) is 5.91 Å². The van der Waals surface area contributed by atoms with Crippen molar-refractivity contribution in [1.29, 1.82) is 0 Å². The SMILES string of the molecule is COc1cccc2c1N(CC(=O)NN)C(C)(C)C[C@H]2C. The van der Waals surface area contributed by atoms with Gasteiger partial charge in [0.15, 0.2) is 0 Å². The largest absolute Gasteiger partial charge is 0.495 e. The molecule has 0 aromatic heterocycles. The fraction of sp³-hybridized carbons (Fsp3) is 0.533. The molecule has 20 heavy (non-hydrogen) atoms. The van der Waals surface area contributed by atoms with Gasteiger partial charge in [0.05, 0.1) is 19.3 Å². The van der Waals surface area contributed by atoms with Gasteiger partial charge >= 0.3 is 0 Å². The number of anilines is 1. The van der Waals surface area contributed by atoms with Gasteiger partial charge in [0, 0.05) is 5.54 Å².